The fourth-order valence-electron chi connectivity index (χ4n) is 1.41. The molecule has 1 heterocycles. The summed E-state index contributed by atoms with van der Waals surface area (Å²) in [6, 6.07) is 0.0590. The van der Waals surface area contributed by atoms with Crippen molar-refractivity contribution in [2.45, 2.75) is 6.42 Å². The number of rotatable bonds is 7. The summed E-state index contributed by atoms with van der Waals surface area (Å²) in [7, 11) is 1.70. The maximum Gasteiger partial charge on any atom is 0.317 e. The van der Waals surface area contributed by atoms with Crippen LogP contribution in [-0.2, 0) is 4.74 Å². The summed E-state index contributed by atoms with van der Waals surface area (Å²) in [4.78, 5) is 12.9. The van der Waals surface area contributed by atoms with E-state index in [0.717, 1.165) is 45.8 Å². The molecule has 82 valence electrons. The minimum atomic E-state index is 0.0590. The Kier molecular flexibility index (Phi) is 5.32. The van der Waals surface area contributed by atoms with Crippen LogP contribution in [0.3, 0.4) is 0 Å². The highest BCUT2D eigenvalue weighted by Gasteiger charge is 2.17. The van der Waals surface area contributed by atoms with Crippen LogP contribution in [0.25, 0.3) is 0 Å². The molecular weight excluding hydrogens is 182 g/mol. The standard InChI is InChI=1S/C9H19N3O2/c1-14-8-2-3-10-4-6-12-7-5-11-9(12)13/h10H,2-8H2,1H3,(H,11,13). The Bertz CT molecular complexity index is 175. The van der Waals surface area contributed by atoms with Crippen LogP contribution in [0.2, 0.25) is 0 Å². The maximum atomic E-state index is 11.1. The Morgan fingerprint density at radius 1 is 1.57 bits per heavy atom. The summed E-state index contributed by atoms with van der Waals surface area (Å²) in [6.45, 7) is 5.00. The Morgan fingerprint density at radius 3 is 3.07 bits per heavy atom. The highest BCUT2D eigenvalue weighted by atomic mass is 16.5. The van der Waals surface area contributed by atoms with E-state index in [1.54, 1.807) is 7.11 Å². The SMILES string of the molecule is COCCCNCCN1CCNC1=O. The van der Waals surface area contributed by atoms with E-state index in [0.29, 0.717) is 0 Å². The van der Waals surface area contributed by atoms with Crippen molar-refractivity contribution in [2.75, 3.05) is 46.4 Å². The highest BCUT2D eigenvalue weighted by Crippen LogP contribution is 1.94. The predicted molar refractivity (Wildman–Crippen MR) is 54.3 cm³/mol. The molecular formula is C9H19N3O2. The van der Waals surface area contributed by atoms with Crippen LogP contribution in [0.15, 0.2) is 0 Å². The van der Waals surface area contributed by atoms with E-state index in [2.05, 4.69) is 10.6 Å². The van der Waals surface area contributed by atoms with Gasteiger partial charge in [0.15, 0.2) is 0 Å². The first kappa shape index (κ1) is 11.3. The zero-order valence-electron chi connectivity index (χ0n) is 8.71. The van der Waals surface area contributed by atoms with E-state index >= 15 is 0 Å². The molecule has 1 aliphatic heterocycles. The molecule has 0 aromatic heterocycles. The lowest BCUT2D eigenvalue weighted by molar-refractivity contribution is 0.193. The van der Waals surface area contributed by atoms with Gasteiger partial charge in [-0.2, -0.15) is 0 Å². The Hall–Kier alpha value is -0.810. The van der Waals surface area contributed by atoms with Crippen LogP contribution in [0.5, 0.6) is 0 Å². The van der Waals surface area contributed by atoms with Gasteiger partial charge < -0.3 is 20.3 Å². The van der Waals surface area contributed by atoms with Crippen molar-refractivity contribution in [1.82, 2.24) is 15.5 Å². The molecule has 5 nitrogen and oxygen atoms in total. The lowest BCUT2D eigenvalue weighted by Gasteiger charge is -2.14. The third-order valence-corrected chi connectivity index (χ3v) is 2.21. The first-order chi connectivity index (χ1) is 6.84. The molecule has 0 atom stereocenters. The highest BCUT2D eigenvalue weighted by molar-refractivity contribution is 5.76. The molecule has 1 rings (SSSR count). The van der Waals surface area contributed by atoms with Gasteiger partial charge in [-0.25, -0.2) is 4.79 Å². The summed E-state index contributed by atoms with van der Waals surface area (Å²) in [6.07, 6.45) is 1.02. The maximum absolute atomic E-state index is 11.1. The van der Waals surface area contributed by atoms with E-state index in [4.69, 9.17) is 4.74 Å². The lowest BCUT2D eigenvalue weighted by atomic mass is 10.4. The monoisotopic (exact) mass is 201 g/mol. The number of carbonyl (C=O) groups excluding carboxylic acids is 1. The molecule has 0 bridgehead atoms. The second-order valence-corrected chi connectivity index (χ2v) is 3.32. The lowest BCUT2D eigenvalue weighted by Crippen LogP contribution is -2.35. The molecule has 2 amide bonds. The number of carbonyl (C=O) groups is 1. The molecule has 0 aromatic rings. The molecule has 14 heavy (non-hydrogen) atoms. The summed E-state index contributed by atoms with van der Waals surface area (Å²) in [5.41, 5.74) is 0. The Balaban J connectivity index is 1.90. The van der Waals surface area contributed by atoms with E-state index < -0.39 is 0 Å². The van der Waals surface area contributed by atoms with Gasteiger partial charge in [-0.1, -0.05) is 0 Å². The molecule has 5 heteroatoms. The Labute approximate surface area is 84.8 Å². The van der Waals surface area contributed by atoms with Gasteiger partial charge in [0.2, 0.25) is 0 Å². The van der Waals surface area contributed by atoms with E-state index in [-0.39, 0.29) is 6.03 Å². The van der Waals surface area contributed by atoms with Gasteiger partial charge in [-0.15, -0.1) is 0 Å². The van der Waals surface area contributed by atoms with E-state index in [9.17, 15) is 4.79 Å². The summed E-state index contributed by atoms with van der Waals surface area (Å²) in [5.74, 6) is 0. The third-order valence-electron chi connectivity index (χ3n) is 2.21. The number of methoxy groups -OCH3 is 1. The first-order valence-electron chi connectivity index (χ1n) is 5.07. The van der Waals surface area contributed by atoms with Crippen molar-refractivity contribution < 1.29 is 9.53 Å². The van der Waals surface area contributed by atoms with Gasteiger partial charge in [0.1, 0.15) is 0 Å². The van der Waals surface area contributed by atoms with Gasteiger partial charge in [0, 0.05) is 39.9 Å². The molecule has 0 aliphatic carbocycles. The minimum absolute atomic E-state index is 0.0590. The van der Waals surface area contributed by atoms with E-state index in [1.807, 2.05) is 4.90 Å². The topological polar surface area (TPSA) is 53.6 Å². The second-order valence-electron chi connectivity index (χ2n) is 3.32. The zero-order chi connectivity index (χ0) is 10.2. The zero-order valence-corrected chi connectivity index (χ0v) is 8.71. The largest absolute Gasteiger partial charge is 0.385 e. The van der Waals surface area contributed by atoms with E-state index in [1.165, 1.54) is 0 Å². The number of hydrogen-bond acceptors (Lipinski definition) is 3. The molecule has 0 unspecified atom stereocenters. The number of nitrogens with one attached hydrogen (secondary N) is 2. The molecule has 2 N–H and O–H groups in total. The predicted octanol–water partition coefficient (Wildman–Crippen LogP) is -0.362. The molecule has 0 radical (unpaired) electrons. The van der Waals surface area contributed by atoms with Gasteiger partial charge in [0.25, 0.3) is 0 Å². The normalized spacial score (nSPS) is 16.1. The quantitative estimate of drug-likeness (QED) is 0.553. The van der Waals surface area contributed by atoms with Gasteiger partial charge >= 0.3 is 6.03 Å². The van der Waals surface area contributed by atoms with Crippen LogP contribution in [0.1, 0.15) is 6.42 Å². The minimum Gasteiger partial charge on any atom is -0.385 e. The third kappa shape index (κ3) is 3.93. The molecule has 1 fully saturated rings. The van der Waals surface area contributed by atoms with Crippen LogP contribution >= 0.6 is 0 Å². The van der Waals surface area contributed by atoms with Crippen LogP contribution in [-0.4, -0.2) is 57.4 Å². The van der Waals surface area contributed by atoms with Crippen molar-refractivity contribution >= 4 is 6.03 Å². The smallest absolute Gasteiger partial charge is 0.317 e. The molecule has 0 spiro atoms. The van der Waals surface area contributed by atoms with Crippen LogP contribution in [0, 0.1) is 0 Å². The average molecular weight is 201 g/mol. The van der Waals surface area contributed by atoms with Gasteiger partial charge in [0.05, 0.1) is 0 Å². The van der Waals surface area contributed by atoms with Crippen molar-refractivity contribution in [3.05, 3.63) is 0 Å². The first-order valence-corrected chi connectivity index (χ1v) is 5.07. The fourth-order valence-corrected chi connectivity index (χ4v) is 1.41. The van der Waals surface area contributed by atoms with Gasteiger partial charge in [-0.3, -0.25) is 0 Å². The fraction of sp³-hybridized carbons (Fsp3) is 0.889. The van der Waals surface area contributed by atoms with Crippen molar-refractivity contribution in [3.8, 4) is 0 Å². The second kappa shape index (κ2) is 6.62. The average Bonchev–Trinajstić information content (AvgIpc) is 2.58. The summed E-state index contributed by atoms with van der Waals surface area (Å²) >= 11 is 0. The number of ether oxygens (including phenoxy) is 1. The Morgan fingerprint density at radius 2 is 2.43 bits per heavy atom. The number of amides is 2. The van der Waals surface area contributed by atoms with Crippen LogP contribution in [0.4, 0.5) is 4.79 Å². The molecule has 0 aromatic carbocycles. The van der Waals surface area contributed by atoms with Crippen molar-refractivity contribution in [1.29, 1.82) is 0 Å². The summed E-state index contributed by atoms with van der Waals surface area (Å²) in [5, 5.41) is 6.04. The number of urea groups is 1. The van der Waals surface area contributed by atoms with Crippen LogP contribution < -0.4 is 10.6 Å². The number of hydrogen-bond donors (Lipinski definition) is 2. The molecule has 1 aliphatic rings. The van der Waals surface area contributed by atoms with Gasteiger partial charge in [-0.05, 0) is 13.0 Å². The van der Waals surface area contributed by atoms with Crippen molar-refractivity contribution in [3.63, 3.8) is 0 Å². The number of nitrogens with zero attached hydrogens (tertiary/aromatic N) is 1. The summed E-state index contributed by atoms with van der Waals surface area (Å²) < 4.78 is 4.92. The molecule has 0 saturated carbocycles. The van der Waals surface area contributed by atoms with Crippen molar-refractivity contribution in [2.24, 2.45) is 0 Å². The molecule has 1 saturated heterocycles.